The van der Waals surface area contributed by atoms with Crippen LogP contribution in [0.15, 0.2) is 65.8 Å². The second-order valence-corrected chi connectivity index (χ2v) is 13.6. The summed E-state index contributed by atoms with van der Waals surface area (Å²) in [4.78, 5) is 10.9. The molecule has 0 spiro atoms. The first kappa shape index (κ1) is 24.1. The lowest BCUT2D eigenvalue weighted by atomic mass is 9.95. The number of hydrogen-bond donors (Lipinski definition) is 0. The van der Waals surface area contributed by atoms with E-state index in [4.69, 9.17) is 9.47 Å². The molecule has 0 aromatic heterocycles. The Kier molecular flexibility index (Phi) is 9.52. The van der Waals surface area contributed by atoms with E-state index >= 15 is 0 Å². The Labute approximate surface area is 182 Å². The zero-order valence-electron chi connectivity index (χ0n) is 18.9. The number of carbonyl (C=O) groups excluding carboxylic acids is 1. The summed E-state index contributed by atoms with van der Waals surface area (Å²) in [5.74, 6) is 3.36. The molecule has 3 atom stereocenters. The molecular formula is C26H34O3Si. The van der Waals surface area contributed by atoms with E-state index in [0.717, 1.165) is 35.8 Å². The average molecular weight is 423 g/mol. The standard InChI is InChI=1S/C26H34O3Si/c1-21(12-10-18-30(3,4)5)16-17-24-20-28-26(23-13-7-6-8-14-23)29-25(24)15-9-11-22(2)19-27/h6-8,11-14,16-17,19,24-26H,9,15,20H2,1-5H3/b17-16+,21-12+,22-11+/t24-,25+,26-/m1/s1. The summed E-state index contributed by atoms with van der Waals surface area (Å²) in [6.07, 6.45) is 10.4. The van der Waals surface area contributed by atoms with Crippen LogP contribution < -0.4 is 0 Å². The molecule has 1 saturated heterocycles. The predicted molar refractivity (Wildman–Crippen MR) is 127 cm³/mol. The minimum atomic E-state index is -1.36. The lowest BCUT2D eigenvalue weighted by Crippen LogP contribution is -2.35. The lowest BCUT2D eigenvalue weighted by Gasteiger charge is -2.35. The van der Waals surface area contributed by atoms with Gasteiger partial charge in [0, 0.05) is 11.5 Å². The molecule has 30 heavy (non-hydrogen) atoms. The van der Waals surface area contributed by atoms with Gasteiger partial charge >= 0.3 is 0 Å². The van der Waals surface area contributed by atoms with E-state index in [1.54, 1.807) is 0 Å². The first-order chi connectivity index (χ1) is 14.3. The molecule has 3 nitrogen and oxygen atoms in total. The van der Waals surface area contributed by atoms with Crippen molar-refractivity contribution in [2.45, 2.75) is 58.7 Å². The maximum atomic E-state index is 10.9. The van der Waals surface area contributed by atoms with Gasteiger partial charge in [0.05, 0.1) is 12.7 Å². The Morgan fingerprint density at radius 1 is 1.17 bits per heavy atom. The van der Waals surface area contributed by atoms with Crippen LogP contribution in [0.4, 0.5) is 0 Å². The molecule has 0 aliphatic carbocycles. The van der Waals surface area contributed by atoms with E-state index in [2.05, 4.69) is 50.2 Å². The topological polar surface area (TPSA) is 35.5 Å². The number of aldehydes is 1. The van der Waals surface area contributed by atoms with Gasteiger partial charge in [-0.05, 0) is 43.9 Å². The third-order valence-corrected chi connectivity index (χ3v) is 5.64. The van der Waals surface area contributed by atoms with Crippen molar-refractivity contribution in [1.82, 2.24) is 0 Å². The highest BCUT2D eigenvalue weighted by molar-refractivity contribution is 6.83. The maximum Gasteiger partial charge on any atom is 0.184 e. The van der Waals surface area contributed by atoms with Gasteiger partial charge < -0.3 is 9.47 Å². The van der Waals surface area contributed by atoms with Gasteiger partial charge in [-0.3, -0.25) is 4.79 Å². The van der Waals surface area contributed by atoms with E-state index in [-0.39, 0.29) is 18.3 Å². The second kappa shape index (κ2) is 11.9. The van der Waals surface area contributed by atoms with Crippen molar-refractivity contribution in [3.05, 3.63) is 71.3 Å². The zero-order valence-corrected chi connectivity index (χ0v) is 19.9. The third kappa shape index (κ3) is 8.67. The van der Waals surface area contributed by atoms with Gasteiger partial charge in [-0.25, -0.2) is 0 Å². The van der Waals surface area contributed by atoms with Crippen LogP contribution in [0.1, 0.15) is 38.5 Å². The molecule has 0 bridgehead atoms. The molecule has 2 rings (SSSR count). The van der Waals surface area contributed by atoms with Crippen LogP contribution >= 0.6 is 0 Å². The minimum absolute atomic E-state index is 0.0248. The molecule has 1 heterocycles. The number of benzene rings is 1. The number of ether oxygens (including phenoxy) is 2. The number of carbonyl (C=O) groups is 1. The second-order valence-electron chi connectivity index (χ2n) is 8.82. The van der Waals surface area contributed by atoms with Crippen LogP contribution in [0, 0.1) is 17.4 Å². The van der Waals surface area contributed by atoms with E-state index in [1.165, 1.54) is 0 Å². The van der Waals surface area contributed by atoms with Crippen molar-refractivity contribution in [1.29, 1.82) is 0 Å². The summed E-state index contributed by atoms with van der Waals surface area (Å²) in [6, 6.07) is 10.0. The molecule has 0 unspecified atom stereocenters. The first-order valence-corrected chi connectivity index (χ1v) is 14.1. The highest BCUT2D eigenvalue weighted by atomic mass is 28.3. The van der Waals surface area contributed by atoms with Crippen LogP contribution in [-0.4, -0.2) is 27.1 Å². The van der Waals surface area contributed by atoms with Gasteiger partial charge in [-0.2, -0.15) is 0 Å². The maximum absolute atomic E-state index is 10.9. The molecule has 1 aliphatic heterocycles. The van der Waals surface area contributed by atoms with Gasteiger partial charge in [0.1, 0.15) is 14.4 Å². The third-order valence-electron chi connectivity index (χ3n) is 4.74. The molecule has 1 aromatic rings. The molecule has 0 N–H and O–H groups in total. The smallest absolute Gasteiger partial charge is 0.184 e. The fraction of sp³-hybridized carbons (Fsp3) is 0.423. The van der Waals surface area contributed by atoms with E-state index in [1.807, 2.05) is 49.4 Å². The molecule has 4 heteroatoms. The van der Waals surface area contributed by atoms with E-state index < -0.39 is 8.07 Å². The normalized spacial score (nSPS) is 23.2. The fourth-order valence-corrected chi connectivity index (χ4v) is 3.57. The lowest BCUT2D eigenvalue weighted by molar-refractivity contribution is -0.234. The van der Waals surface area contributed by atoms with Gasteiger partial charge in [-0.1, -0.05) is 74.1 Å². The summed E-state index contributed by atoms with van der Waals surface area (Å²) in [5.41, 5.74) is 6.28. The highest BCUT2D eigenvalue weighted by Gasteiger charge is 2.30. The Morgan fingerprint density at radius 2 is 1.90 bits per heavy atom. The number of rotatable bonds is 7. The van der Waals surface area contributed by atoms with Gasteiger partial charge in [-0.15, -0.1) is 5.54 Å². The van der Waals surface area contributed by atoms with Crippen molar-refractivity contribution in [2.75, 3.05) is 6.61 Å². The SMILES string of the molecule is C/C(C=O)=C\CC[C@@H]1O[C@H](c2ccccc2)OC[C@H]1/C=C/C(C)=C/C#C[Si](C)(C)C. The van der Waals surface area contributed by atoms with E-state index in [0.29, 0.717) is 6.61 Å². The predicted octanol–water partition coefficient (Wildman–Crippen LogP) is 6.03. The molecule has 1 aliphatic rings. The van der Waals surface area contributed by atoms with Gasteiger partial charge in [0.25, 0.3) is 0 Å². The summed E-state index contributed by atoms with van der Waals surface area (Å²) in [7, 11) is -1.36. The zero-order chi connectivity index (χ0) is 22.0. The Hall–Kier alpha value is -2.19. The molecule has 160 valence electrons. The fourth-order valence-electron chi connectivity index (χ4n) is 3.06. The van der Waals surface area contributed by atoms with Crippen LogP contribution in [0.3, 0.4) is 0 Å². The quantitative estimate of drug-likeness (QED) is 0.177. The largest absolute Gasteiger partial charge is 0.348 e. The van der Waals surface area contributed by atoms with Gasteiger partial charge in [0.2, 0.25) is 0 Å². The molecule has 0 amide bonds. The van der Waals surface area contributed by atoms with Crippen molar-refractivity contribution in [2.24, 2.45) is 5.92 Å². The highest BCUT2D eigenvalue weighted by Crippen LogP contribution is 2.32. The van der Waals surface area contributed by atoms with Crippen LogP contribution in [0.2, 0.25) is 19.6 Å². The molecule has 0 radical (unpaired) electrons. The van der Waals surface area contributed by atoms with Gasteiger partial charge in [0.15, 0.2) is 6.29 Å². The van der Waals surface area contributed by atoms with Crippen molar-refractivity contribution in [3.8, 4) is 11.5 Å². The minimum Gasteiger partial charge on any atom is -0.348 e. The Balaban J connectivity index is 2.09. The average Bonchev–Trinajstić information content (AvgIpc) is 2.72. The number of hydrogen-bond acceptors (Lipinski definition) is 3. The van der Waals surface area contributed by atoms with Crippen molar-refractivity contribution < 1.29 is 14.3 Å². The number of allylic oxidation sites excluding steroid dienone is 5. The molecule has 1 aromatic carbocycles. The summed E-state index contributed by atoms with van der Waals surface area (Å²) in [6.45, 7) is 11.2. The molecule has 1 fully saturated rings. The summed E-state index contributed by atoms with van der Waals surface area (Å²) in [5, 5.41) is 0. The monoisotopic (exact) mass is 422 g/mol. The Morgan fingerprint density at radius 3 is 2.57 bits per heavy atom. The summed E-state index contributed by atoms with van der Waals surface area (Å²) >= 11 is 0. The van der Waals surface area contributed by atoms with Crippen molar-refractivity contribution >= 4 is 14.4 Å². The van der Waals surface area contributed by atoms with Crippen LogP contribution in [0.5, 0.6) is 0 Å². The van der Waals surface area contributed by atoms with Crippen molar-refractivity contribution in [3.63, 3.8) is 0 Å². The first-order valence-electron chi connectivity index (χ1n) is 10.6. The summed E-state index contributed by atoms with van der Waals surface area (Å²) < 4.78 is 12.4. The molecule has 0 saturated carbocycles. The van der Waals surface area contributed by atoms with Crippen LogP contribution in [0.25, 0.3) is 0 Å². The Bertz CT molecular complexity index is 835. The van der Waals surface area contributed by atoms with Crippen LogP contribution in [-0.2, 0) is 14.3 Å². The molecular weight excluding hydrogens is 388 g/mol. The van der Waals surface area contributed by atoms with E-state index in [9.17, 15) is 4.79 Å².